The van der Waals surface area contributed by atoms with Gasteiger partial charge in [-0.1, -0.05) is 0 Å². The fourth-order valence-electron chi connectivity index (χ4n) is 3.68. The average molecular weight is 429 g/mol. The number of nitrogens with one attached hydrogen (secondary N) is 3. The third-order valence-electron chi connectivity index (χ3n) is 5.75. The molecule has 0 spiro atoms. The van der Waals surface area contributed by atoms with Crippen LogP contribution in [0.4, 0.5) is 26.1 Å². The van der Waals surface area contributed by atoms with Gasteiger partial charge in [0.2, 0.25) is 0 Å². The Labute approximate surface area is 175 Å². The highest BCUT2D eigenvalue weighted by molar-refractivity contribution is 6.00. The molecule has 3 aromatic rings. The van der Waals surface area contributed by atoms with Crippen LogP contribution in [0.2, 0.25) is 0 Å². The lowest BCUT2D eigenvalue weighted by Gasteiger charge is -2.30. The van der Waals surface area contributed by atoms with Crippen molar-refractivity contribution in [3.05, 3.63) is 46.5 Å². The number of hydrogen-bond acceptors (Lipinski definition) is 6. The van der Waals surface area contributed by atoms with E-state index in [0.717, 1.165) is 0 Å². The number of pyridine rings is 1. The number of anilines is 3. The molecule has 0 bridgehead atoms. The van der Waals surface area contributed by atoms with Crippen molar-refractivity contribution < 1.29 is 13.6 Å². The third-order valence-corrected chi connectivity index (χ3v) is 5.75. The quantitative estimate of drug-likeness (QED) is 0.555. The van der Waals surface area contributed by atoms with Gasteiger partial charge in [-0.15, -0.1) is 0 Å². The van der Waals surface area contributed by atoms with E-state index in [9.17, 15) is 18.4 Å². The zero-order valence-electron chi connectivity index (χ0n) is 16.7. The van der Waals surface area contributed by atoms with Crippen molar-refractivity contribution in [2.45, 2.75) is 43.7 Å². The Morgan fingerprint density at radius 2 is 2.06 bits per heavy atom. The van der Waals surface area contributed by atoms with Gasteiger partial charge in [0.15, 0.2) is 5.65 Å². The molecule has 0 saturated heterocycles. The summed E-state index contributed by atoms with van der Waals surface area (Å²) in [6, 6.07) is 3.94. The summed E-state index contributed by atoms with van der Waals surface area (Å²) in [5.74, 6) is 0.375. The molecule has 3 aromatic heterocycles. The first kappa shape index (κ1) is 19.5. The van der Waals surface area contributed by atoms with Gasteiger partial charge in [0.25, 0.3) is 11.5 Å². The van der Waals surface area contributed by atoms with Crippen LogP contribution in [0.5, 0.6) is 0 Å². The Morgan fingerprint density at radius 3 is 2.71 bits per heavy atom. The van der Waals surface area contributed by atoms with Crippen molar-refractivity contribution in [3.63, 3.8) is 0 Å². The monoisotopic (exact) mass is 429 g/mol. The van der Waals surface area contributed by atoms with Gasteiger partial charge in [-0.25, -0.2) is 13.8 Å². The first-order valence-electron chi connectivity index (χ1n) is 10.1. The van der Waals surface area contributed by atoms with E-state index in [2.05, 4.69) is 26.0 Å². The van der Waals surface area contributed by atoms with Gasteiger partial charge in [-0.2, -0.15) is 9.61 Å². The number of aromatic nitrogens is 4. The van der Waals surface area contributed by atoms with Gasteiger partial charge in [0.1, 0.15) is 35.2 Å². The molecule has 2 aliphatic rings. The van der Waals surface area contributed by atoms with E-state index in [0.29, 0.717) is 30.9 Å². The number of alkyl halides is 2. The molecule has 2 aliphatic carbocycles. The zero-order valence-corrected chi connectivity index (χ0v) is 16.7. The van der Waals surface area contributed by atoms with Crippen molar-refractivity contribution in [2.75, 3.05) is 17.7 Å². The van der Waals surface area contributed by atoms with Crippen molar-refractivity contribution in [1.29, 1.82) is 0 Å². The summed E-state index contributed by atoms with van der Waals surface area (Å²) in [5.41, 5.74) is 0.332. The smallest absolute Gasteiger partial charge is 0.274 e. The van der Waals surface area contributed by atoms with E-state index in [1.54, 1.807) is 31.4 Å². The minimum atomic E-state index is -1.04. The standard InChI is InChI=1S/C20H21F2N7O2/c1-23-17-8-16(25-14-3-2-6-28(20(14)31)15-7-12(15)22)27-18-10(9-24-29(17)18)19(30)26-13-5-4-11(13)21/h2-3,6,8-9,11-13,15,23H,4-5,7H2,1H3,(H,25,27)(H,26,30)/t11-,12+,13?,15+/m1/s1. The molecule has 2 fully saturated rings. The third kappa shape index (κ3) is 3.39. The van der Waals surface area contributed by atoms with Crippen molar-refractivity contribution in [1.82, 2.24) is 24.5 Å². The van der Waals surface area contributed by atoms with Crippen LogP contribution in [-0.4, -0.2) is 50.5 Å². The summed E-state index contributed by atoms with van der Waals surface area (Å²) in [4.78, 5) is 29.8. The minimum Gasteiger partial charge on any atom is -0.373 e. The van der Waals surface area contributed by atoms with E-state index >= 15 is 0 Å². The first-order valence-corrected chi connectivity index (χ1v) is 10.1. The summed E-state index contributed by atoms with van der Waals surface area (Å²) in [6.45, 7) is 0. The molecule has 0 radical (unpaired) electrons. The molecule has 9 nitrogen and oxygen atoms in total. The molecule has 4 atom stereocenters. The summed E-state index contributed by atoms with van der Waals surface area (Å²) in [6.07, 6.45) is 2.24. The molecule has 2 saturated carbocycles. The van der Waals surface area contributed by atoms with Gasteiger partial charge in [0, 0.05) is 25.7 Å². The lowest BCUT2D eigenvalue weighted by molar-refractivity contribution is 0.0826. The van der Waals surface area contributed by atoms with Crippen LogP contribution >= 0.6 is 0 Å². The maximum absolute atomic E-state index is 13.6. The van der Waals surface area contributed by atoms with E-state index in [4.69, 9.17) is 0 Å². The van der Waals surface area contributed by atoms with Crippen LogP contribution in [0.1, 0.15) is 35.7 Å². The number of rotatable bonds is 6. The second kappa shape index (κ2) is 7.33. The normalized spacial score (nSPS) is 24.5. The Bertz CT molecular complexity index is 1220. The van der Waals surface area contributed by atoms with E-state index in [1.165, 1.54) is 15.3 Å². The molecule has 3 heterocycles. The average Bonchev–Trinajstić information content (AvgIpc) is 3.32. The van der Waals surface area contributed by atoms with Gasteiger partial charge in [-0.3, -0.25) is 9.59 Å². The molecule has 3 N–H and O–H groups in total. The zero-order chi connectivity index (χ0) is 21.7. The van der Waals surface area contributed by atoms with Crippen molar-refractivity contribution in [2.24, 2.45) is 0 Å². The molecule has 0 aliphatic heterocycles. The van der Waals surface area contributed by atoms with Gasteiger partial charge >= 0.3 is 0 Å². The number of amides is 1. The van der Waals surface area contributed by atoms with Crippen LogP contribution in [0, 0.1) is 0 Å². The minimum absolute atomic E-state index is 0.197. The Hall–Kier alpha value is -3.50. The molecule has 31 heavy (non-hydrogen) atoms. The number of hydrogen-bond donors (Lipinski definition) is 3. The molecule has 5 rings (SSSR count). The highest BCUT2D eigenvalue weighted by Crippen LogP contribution is 2.37. The predicted molar refractivity (Wildman–Crippen MR) is 110 cm³/mol. The Morgan fingerprint density at radius 1 is 1.26 bits per heavy atom. The summed E-state index contributed by atoms with van der Waals surface area (Å²) in [7, 11) is 1.69. The van der Waals surface area contributed by atoms with Crippen LogP contribution < -0.4 is 21.5 Å². The first-order chi connectivity index (χ1) is 15.0. The lowest BCUT2D eigenvalue weighted by atomic mass is 9.90. The fourth-order valence-corrected chi connectivity index (χ4v) is 3.68. The molecule has 162 valence electrons. The number of carbonyl (C=O) groups is 1. The highest BCUT2D eigenvalue weighted by Gasteiger charge is 2.40. The van der Waals surface area contributed by atoms with Crippen LogP contribution in [0.15, 0.2) is 35.4 Å². The number of nitrogens with zero attached hydrogens (tertiary/aromatic N) is 4. The van der Waals surface area contributed by atoms with Crippen molar-refractivity contribution >= 4 is 28.9 Å². The predicted octanol–water partition coefficient (Wildman–Crippen LogP) is 2.19. The summed E-state index contributed by atoms with van der Waals surface area (Å²) < 4.78 is 29.8. The van der Waals surface area contributed by atoms with E-state index < -0.39 is 30.3 Å². The Kier molecular flexibility index (Phi) is 4.60. The van der Waals surface area contributed by atoms with Gasteiger partial charge in [0.05, 0.1) is 18.3 Å². The molecular formula is C20H21F2N7O2. The number of fused-ring (bicyclic) bond motifs is 1. The number of carbonyl (C=O) groups excluding carboxylic acids is 1. The highest BCUT2D eigenvalue weighted by atomic mass is 19.1. The molecule has 1 amide bonds. The lowest BCUT2D eigenvalue weighted by Crippen LogP contribution is -2.48. The van der Waals surface area contributed by atoms with Gasteiger partial charge < -0.3 is 20.5 Å². The maximum Gasteiger partial charge on any atom is 0.274 e. The summed E-state index contributed by atoms with van der Waals surface area (Å²) >= 11 is 0. The Balaban J connectivity index is 1.48. The maximum atomic E-state index is 13.6. The molecule has 1 unspecified atom stereocenters. The molecule has 11 heteroatoms. The SMILES string of the molecule is CNc1cc(Nc2cccn([C@H]3C[C@@H]3F)c2=O)nc2c(C(=O)NC3CC[C@H]3F)cnn12. The fraction of sp³-hybridized carbons (Fsp3) is 0.400. The van der Waals surface area contributed by atoms with Gasteiger partial charge in [-0.05, 0) is 25.0 Å². The van der Waals surface area contributed by atoms with Crippen LogP contribution in [0.25, 0.3) is 5.65 Å². The molecule has 0 aromatic carbocycles. The number of halogens is 2. The largest absolute Gasteiger partial charge is 0.373 e. The van der Waals surface area contributed by atoms with E-state index in [1.807, 2.05) is 0 Å². The second-order valence-corrected chi connectivity index (χ2v) is 7.82. The van der Waals surface area contributed by atoms with E-state index in [-0.39, 0.29) is 22.5 Å². The van der Waals surface area contributed by atoms with Crippen molar-refractivity contribution in [3.8, 4) is 0 Å². The second-order valence-electron chi connectivity index (χ2n) is 7.82. The summed E-state index contributed by atoms with van der Waals surface area (Å²) in [5, 5.41) is 12.8. The van der Waals surface area contributed by atoms with Crippen LogP contribution in [-0.2, 0) is 0 Å². The van der Waals surface area contributed by atoms with Crippen LogP contribution in [0.3, 0.4) is 0 Å². The topological polar surface area (TPSA) is 105 Å². The molecular weight excluding hydrogens is 408 g/mol.